The molecule has 2 unspecified atom stereocenters. The first-order chi connectivity index (χ1) is 23.3. The number of carbonyl (C=O) groups excluding carboxylic acids is 1. The molecule has 0 radical (unpaired) electrons. The summed E-state index contributed by atoms with van der Waals surface area (Å²) in [6.45, 7) is 9.96. The molecule has 0 saturated carbocycles. The van der Waals surface area contributed by atoms with Gasteiger partial charge in [0.1, 0.15) is 18.5 Å². The van der Waals surface area contributed by atoms with Crippen molar-refractivity contribution in [2.75, 3.05) is 12.3 Å². The van der Waals surface area contributed by atoms with Crippen LogP contribution in [0.15, 0.2) is 63.3 Å². The molecule has 49 heavy (non-hydrogen) atoms. The number of anilines is 1. The number of nitrogens with two attached hydrogens (primary N) is 1. The second kappa shape index (κ2) is 16.1. The number of ether oxygens (including phenoxy) is 3. The minimum Gasteiger partial charge on any atom is -0.575 e. The Bertz CT molecular complexity index is 1780. The Balaban J connectivity index is 1.74. The molecule has 1 aliphatic rings. The molecule has 1 saturated heterocycles. The highest BCUT2D eigenvalue weighted by atomic mass is 31.1. The first kappa shape index (κ1) is 37.7. The zero-order valence-corrected chi connectivity index (χ0v) is 30.1. The van der Waals surface area contributed by atoms with Crippen molar-refractivity contribution in [1.82, 2.24) is 9.55 Å². The Morgan fingerprint density at radius 1 is 1.20 bits per heavy atom. The summed E-state index contributed by atoms with van der Waals surface area (Å²) in [5.41, 5.74) is 12.2. The lowest BCUT2D eigenvalue weighted by atomic mass is 10.1. The molecule has 6 atom stereocenters. The third-order valence-electron chi connectivity index (χ3n) is 8.39. The van der Waals surface area contributed by atoms with Crippen LogP contribution in [0.5, 0.6) is 11.5 Å². The molecule has 0 bridgehead atoms. The molecule has 0 amide bonds. The van der Waals surface area contributed by atoms with E-state index in [1.54, 1.807) is 44.2 Å². The van der Waals surface area contributed by atoms with E-state index in [0.29, 0.717) is 28.9 Å². The maximum Gasteiger partial charge on any atom is 0.395 e. The number of halogens is 1. The third-order valence-corrected chi connectivity index (χ3v) is 13.9. The maximum absolute atomic E-state index is 16.9. The second-order valence-corrected chi connectivity index (χ2v) is 17.4. The van der Waals surface area contributed by atoms with E-state index in [9.17, 15) is 20.0 Å². The van der Waals surface area contributed by atoms with Gasteiger partial charge in [-0.1, -0.05) is 61.0 Å². The number of carbonyl (C=O) groups is 1. The third kappa shape index (κ3) is 8.37. The van der Waals surface area contributed by atoms with Crippen molar-refractivity contribution < 1.29 is 37.2 Å². The molecule has 0 aliphatic carbocycles. The van der Waals surface area contributed by atoms with Crippen LogP contribution in [0.25, 0.3) is 21.2 Å². The summed E-state index contributed by atoms with van der Waals surface area (Å²) in [5, 5.41) is 4.89. The monoisotopic (exact) mass is 717 g/mol. The van der Waals surface area contributed by atoms with E-state index in [-0.39, 0.29) is 17.3 Å². The van der Waals surface area contributed by atoms with Crippen molar-refractivity contribution in [3.63, 3.8) is 0 Å². The minimum atomic E-state index is -2.83. The average molecular weight is 718 g/mol. The minimum absolute atomic E-state index is 0.00962. The molecular formula is C31H41FN7O8PSi. The molecule has 264 valence electrons. The SMILES string of the molecule is CC[Si](CC)(CC)O[C@H]1C(n2ccc(N)nc2=O)O[C@@](COc2ccc3ccccc3c2O/[P+]([O-])=N/[C@@H](C)C(=O)OC(C)C)(N=[N+]=[N-])[C@H]1F. The van der Waals surface area contributed by atoms with E-state index in [1.165, 1.54) is 25.3 Å². The lowest BCUT2D eigenvalue weighted by molar-refractivity contribution is -0.170. The normalized spacial score (nSPS) is 21.7. The number of hydrogen-bond donors (Lipinski definition) is 1. The van der Waals surface area contributed by atoms with Crippen LogP contribution >= 0.6 is 8.17 Å². The zero-order valence-electron chi connectivity index (χ0n) is 28.2. The highest BCUT2D eigenvalue weighted by Gasteiger charge is 2.60. The Hall–Kier alpha value is -4.11. The van der Waals surface area contributed by atoms with Crippen LogP contribution in [0.4, 0.5) is 10.2 Å². The molecule has 1 aliphatic heterocycles. The topological polar surface area (TPSA) is 208 Å². The standard InChI is InChI=1S/C31H41FN7O8PSi/c1-7-49(8-2,9-3)47-26-27(32)31(37-38-34,45-28(26)39-17-16-24(33)35-30(39)41)18-43-23-15-14-21-12-10-11-13-22(21)25(23)46-48(42)36-20(6)29(40)44-19(4)5/h10-17,19-20,26-28H,7-9,18H2,1-6H3,(H2,33,35,41)/t20-,26+,27-,28?,31+/m0/s1. The Morgan fingerprint density at radius 3 is 2.53 bits per heavy atom. The molecule has 18 heteroatoms. The van der Waals surface area contributed by atoms with Crippen molar-refractivity contribution in [2.45, 2.75) is 96.0 Å². The van der Waals surface area contributed by atoms with Crippen LogP contribution in [-0.4, -0.2) is 60.6 Å². The predicted octanol–water partition coefficient (Wildman–Crippen LogP) is 5.90. The average Bonchev–Trinajstić information content (AvgIpc) is 3.32. The van der Waals surface area contributed by atoms with Gasteiger partial charge in [-0.15, -0.1) is 0 Å². The van der Waals surface area contributed by atoms with Gasteiger partial charge in [0.15, 0.2) is 32.5 Å². The van der Waals surface area contributed by atoms with Gasteiger partial charge < -0.3 is 29.3 Å². The second-order valence-electron chi connectivity index (χ2n) is 11.8. The number of rotatable bonds is 15. The van der Waals surface area contributed by atoms with Crippen molar-refractivity contribution in [3.05, 3.63) is 69.6 Å². The summed E-state index contributed by atoms with van der Waals surface area (Å²) < 4.78 is 51.5. The molecule has 2 N–H and O–H groups in total. The van der Waals surface area contributed by atoms with Gasteiger partial charge in [-0.25, -0.2) is 14.0 Å². The van der Waals surface area contributed by atoms with E-state index in [0.717, 1.165) is 4.57 Å². The molecule has 2 aromatic carbocycles. The van der Waals surface area contributed by atoms with Crippen LogP contribution in [0, 0.1) is 0 Å². The van der Waals surface area contributed by atoms with Crippen LogP contribution in [0.3, 0.4) is 0 Å². The Morgan fingerprint density at radius 2 is 1.90 bits per heavy atom. The number of benzene rings is 2. The number of alkyl halides is 1. The lowest BCUT2D eigenvalue weighted by Crippen LogP contribution is -2.49. The number of nitrogens with zero attached hydrogens (tertiary/aromatic N) is 6. The molecule has 15 nitrogen and oxygen atoms in total. The molecule has 3 aromatic rings. The van der Waals surface area contributed by atoms with E-state index in [2.05, 4.69) is 19.8 Å². The highest BCUT2D eigenvalue weighted by Crippen LogP contribution is 2.46. The van der Waals surface area contributed by atoms with Gasteiger partial charge in [0.25, 0.3) is 0 Å². The molecule has 1 aromatic heterocycles. The zero-order chi connectivity index (χ0) is 35.9. The van der Waals surface area contributed by atoms with Gasteiger partial charge in [-0.3, -0.25) is 9.09 Å². The van der Waals surface area contributed by atoms with Gasteiger partial charge in [0.05, 0.1) is 6.10 Å². The summed E-state index contributed by atoms with van der Waals surface area (Å²) in [6.07, 6.45) is -3.97. The van der Waals surface area contributed by atoms with Gasteiger partial charge >= 0.3 is 19.8 Å². The fourth-order valence-corrected chi connectivity index (χ4v) is 9.10. The van der Waals surface area contributed by atoms with Gasteiger partial charge in [0, 0.05) is 16.5 Å². The van der Waals surface area contributed by atoms with E-state index >= 15 is 4.39 Å². The fourth-order valence-electron chi connectivity index (χ4n) is 5.51. The number of fused-ring (bicyclic) bond motifs is 1. The largest absolute Gasteiger partial charge is 0.575 e. The summed E-state index contributed by atoms with van der Waals surface area (Å²) in [5.74, 6) is -0.750. The quantitative estimate of drug-likeness (QED) is 0.0492. The molecule has 2 heterocycles. The van der Waals surface area contributed by atoms with Crippen molar-refractivity contribution in [1.29, 1.82) is 0 Å². The number of esters is 1. The summed E-state index contributed by atoms with van der Waals surface area (Å²) in [6, 6.07) is 12.4. The summed E-state index contributed by atoms with van der Waals surface area (Å²) >= 11 is 0. The number of azide groups is 1. The van der Waals surface area contributed by atoms with E-state index in [4.69, 9.17) is 28.9 Å². The maximum atomic E-state index is 16.9. The van der Waals surface area contributed by atoms with Gasteiger partial charge in [-0.2, -0.15) is 4.98 Å². The Kier molecular flexibility index (Phi) is 12.4. The summed E-state index contributed by atoms with van der Waals surface area (Å²) in [4.78, 5) is 45.0. The molecular weight excluding hydrogens is 676 g/mol. The van der Waals surface area contributed by atoms with Crippen molar-refractivity contribution >= 4 is 39.0 Å². The highest BCUT2D eigenvalue weighted by molar-refractivity contribution is 7.34. The first-order valence-corrected chi connectivity index (χ1v) is 19.6. The number of nitrogen functional groups attached to an aromatic ring is 1. The molecule has 0 spiro atoms. The molecule has 4 rings (SSSR count). The Labute approximate surface area is 284 Å². The smallest absolute Gasteiger partial charge is 0.395 e. The van der Waals surface area contributed by atoms with Crippen molar-refractivity contribution in [2.24, 2.45) is 9.86 Å². The van der Waals surface area contributed by atoms with Crippen LogP contribution in [0.2, 0.25) is 18.1 Å². The number of aromatic nitrogens is 2. The van der Waals surface area contributed by atoms with Crippen molar-refractivity contribution in [3.8, 4) is 11.5 Å². The lowest BCUT2D eigenvalue weighted by Gasteiger charge is -2.34. The first-order valence-electron chi connectivity index (χ1n) is 15.9. The number of hydrogen-bond acceptors (Lipinski definition) is 12. The van der Waals surface area contributed by atoms with Crippen LogP contribution < -0.4 is 25.6 Å². The molecule has 1 fully saturated rings. The van der Waals surface area contributed by atoms with Crippen LogP contribution in [0.1, 0.15) is 47.8 Å². The van der Waals surface area contributed by atoms with E-state index < -0.39 is 71.1 Å². The van der Waals surface area contributed by atoms with Gasteiger partial charge in [0.2, 0.25) is 11.5 Å². The fraction of sp³-hybridized carbons (Fsp3) is 0.516. The van der Waals surface area contributed by atoms with Gasteiger partial charge in [-0.05, 0) is 62.0 Å². The van der Waals surface area contributed by atoms with E-state index in [1.807, 2.05) is 20.8 Å². The summed E-state index contributed by atoms with van der Waals surface area (Å²) in [7, 11) is -5.37. The predicted molar refractivity (Wildman–Crippen MR) is 182 cm³/mol. The van der Waals surface area contributed by atoms with Crippen LogP contribution in [-0.2, 0) is 18.7 Å².